The number of likely N-dealkylation sites (tertiary alicyclic amines) is 1. The van der Waals surface area contributed by atoms with Gasteiger partial charge in [-0.1, -0.05) is 0 Å². The van der Waals surface area contributed by atoms with Crippen LogP contribution in [0.5, 0.6) is 0 Å². The Hall–Kier alpha value is -1.60. The van der Waals surface area contributed by atoms with Crippen molar-refractivity contribution in [1.82, 2.24) is 9.47 Å². The second-order valence-corrected chi connectivity index (χ2v) is 5.05. The fourth-order valence-corrected chi connectivity index (χ4v) is 2.46. The van der Waals surface area contributed by atoms with Gasteiger partial charge >= 0.3 is 5.82 Å². The molecule has 1 aromatic heterocycles. The van der Waals surface area contributed by atoms with Crippen LogP contribution in [0.25, 0.3) is 0 Å². The zero-order chi connectivity index (χ0) is 14.2. The predicted molar refractivity (Wildman–Crippen MR) is 77.0 cm³/mol. The molecule has 2 heterocycles. The van der Waals surface area contributed by atoms with Crippen LogP contribution in [-0.2, 0) is 7.05 Å². The number of carbonyl (C=O) groups excluding carboxylic acids is 1. The highest BCUT2D eigenvalue weighted by Crippen LogP contribution is 2.22. The summed E-state index contributed by atoms with van der Waals surface area (Å²) in [7, 11) is 1.53. The van der Waals surface area contributed by atoms with Gasteiger partial charge in [0.25, 0.3) is 5.91 Å². The molecule has 0 aromatic carbocycles. The summed E-state index contributed by atoms with van der Waals surface area (Å²) in [5, 5.41) is 10.8. The van der Waals surface area contributed by atoms with Gasteiger partial charge in [0.1, 0.15) is 0 Å². The Labute approximate surface area is 123 Å². The van der Waals surface area contributed by atoms with E-state index in [0.29, 0.717) is 24.7 Å². The number of nitrogens with two attached hydrogens (primary N) is 1. The van der Waals surface area contributed by atoms with Gasteiger partial charge in [0, 0.05) is 25.2 Å². The maximum atomic E-state index is 12.3. The van der Waals surface area contributed by atoms with E-state index in [1.807, 2.05) is 6.92 Å². The predicted octanol–water partition coefficient (Wildman–Crippen LogP) is 1.16. The minimum atomic E-state index is -0.495. The van der Waals surface area contributed by atoms with Crippen LogP contribution < -0.4 is 5.73 Å². The number of nitrogens with zero attached hydrogens (tertiary/aromatic N) is 3. The first-order valence-electron chi connectivity index (χ1n) is 6.26. The Bertz CT molecular complexity index is 515. The molecule has 2 atom stereocenters. The third-order valence-electron chi connectivity index (χ3n) is 3.76. The molecule has 0 bridgehead atoms. The van der Waals surface area contributed by atoms with Crippen molar-refractivity contribution >= 4 is 24.1 Å². The van der Waals surface area contributed by atoms with Crippen molar-refractivity contribution in [2.45, 2.75) is 19.4 Å². The molecule has 0 radical (unpaired) electrons. The van der Waals surface area contributed by atoms with Gasteiger partial charge in [-0.25, -0.2) is 4.57 Å². The number of carbonyl (C=O) groups is 1. The van der Waals surface area contributed by atoms with Crippen LogP contribution >= 0.6 is 12.4 Å². The molecule has 1 fully saturated rings. The Morgan fingerprint density at radius 1 is 1.55 bits per heavy atom. The SMILES string of the molecule is CC(N)C1CCN(C(=O)c2ccc([N+](=O)[O-])n2C)C1.Cl. The third-order valence-corrected chi connectivity index (χ3v) is 3.76. The van der Waals surface area contributed by atoms with Crippen molar-refractivity contribution in [2.24, 2.45) is 18.7 Å². The minimum absolute atomic E-state index is 0. The highest BCUT2D eigenvalue weighted by molar-refractivity contribution is 5.93. The van der Waals surface area contributed by atoms with Crippen molar-refractivity contribution in [3.05, 3.63) is 27.9 Å². The Kier molecular flexibility index (Phi) is 5.13. The first kappa shape index (κ1) is 16.5. The van der Waals surface area contributed by atoms with Crippen LogP contribution in [0, 0.1) is 16.0 Å². The van der Waals surface area contributed by atoms with Crippen LogP contribution in [0.4, 0.5) is 5.82 Å². The first-order chi connectivity index (χ1) is 8.91. The number of rotatable bonds is 3. The number of aromatic nitrogens is 1. The largest absolute Gasteiger partial charge is 0.358 e. The van der Waals surface area contributed by atoms with Gasteiger partial charge in [-0.15, -0.1) is 12.4 Å². The van der Waals surface area contributed by atoms with Crippen molar-refractivity contribution < 1.29 is 9.72 Å². The second kappa shape index (κ2) is 6.23. The molecule has 8 heteroatoms. The van der Waals surface area contributed by atoms with E-state index < -0.39 is 4.92 Å². The van der Waals surface area contributed by atoms with Gasteiger partial charge in [-0.05, 0) is 30.3 Å². The molecule has 2 unspecified atom stereocenters. The molecule has 1 aliphatic rings. The Balaban J connectivity index is 0.00000200. The van der Waals surface area contributed by atoms with Gasteiger partial charge < -0.3 is 20.7 Å². The molecule has 0 aliphatic carbocycles. The number of hydrogen-bond acceptors (Lipinski definition) is 4. The topological polar surface area (TPSA) is 94.4 Å². The maximum Gasteiger partial charge on any atom is 0.323 e. The summed E-state index contributed by atoms with van der Waals surface area (Å²) in [6, 6.07) is 2.91. The smallest absolute Gasteiger partial charge is 0.323 e. The van der Waals surface area contributed by atoms with E-state index in [1.165, 1.54) is 23.7 Å². The quantitative estimate of drug-likeness (QED) is 0.669. The number of halogens is 1. The van der Waals surface area contributed by atoms with Crippen LogP contribution in [0.3, 0.4) is 0 Å². The summed E-state index contributed by atoms with van der Waals surface area (Å²) in [4.78, 5) is 24.3. The molecule has 2 N–H and O–H groups in total. The van der Waals surface area contributed by atoms with Crippen LogP contribution in [0.15, 0.2) is 12.1 Å². The maximum absolute atomic E-state index is 12.3. The molecule has 1 aromatic rings. The molecule has 1 aliphatic heterocycles. The van der Waals surface area contributed by atoms with E-state index >= 15 is 0 Å². The number of hydrogen-bond donors (Lipinski definition) is 1. The molecular weight excluding hydrogens is 284 g/mol. The third kappa shape index (κ3) is 2.94. The highest BCUT2D eigenvalue weighted by atomic mass is 35.5. The van der Waals surface area contributed by atoms with E-state index in [9.17, 15) is 14.9 Å². The molecule has 0 saturated carbocycles. The van der Waals surface area contributed by atoms with Gasteiger partial charge in [0.05, 0.1) is 7.05 Å². The monoisotopic (exact) mass is 302 g/mol. The second-order valence-electron chi connectivity index (χ2n) is 5.05. The fraction of sp³-hybridized carbons (Fsp3) is 0.583. The lowest BCUT2D eigenvalue weighted by atomic mass is 10.0. The zero-order valence-electron chi connectivity index (χ0n) is 11.5. The number of amides is 1. The summed E-state index contributed by atoms with van der Waals surface area (Å²) in [6.45, 7) is 3.21. The van der Waals surface area contributed by atoms with Crippen LogP contribution in [-0.4, -0.2) is 39.4 Å². The van der Waals surface area contributed by atoms with Crippen molar-refractivity contribution in [2.75, 3.05) is 13.1 Å². The summed E-state index contributed by atoms with van der Waals surface area (Å²) in [5.41, 5.74) is 6.18. The van der Waals surface area contributed by atoms with Gasteiger partial charge in [0.2, 0.25) is 0 Å². The molecule has 2 rings (SSSR count). The van der Waals surface area contributed by atoms with E-state index in [4.69, 9.17) is 5.73 Å². The van der Waals surface area contributed by atoms with Crippen molar-refractivity contribution in [3.8, 4) is 0 Å². The van der Waals surface area contributed by atoms with Gasteiger partial charge in [0.15, 0.2) is 5.69 Å². The normalized spacial score (nSPS) is 19.6. The van der Waals surface area contributed by atoms with E-state index in [0.717, 1.165) is 6.42 Å². The standard InChI is InChI=1S/C12H18N4O3.ClH/c1-8(13)9-5-6-15(7-9)12(17)10-3-4-11(14(10)2)16(18)19;/h3-4,8-9H,5-7,13H2,1-2H3;1H. The number of nitro groups is 1. The Morgan fingerprint density at radius 3 is 2.65 bits per heavy atom. The van der Waals surface area contributed by atoms with Crippen LogP contribution in [0.1, 0.15) is 23.8 Å². The van der Waals surface area contributed by atoms with E-state index in [2.05, 4.69) is 0 Å². The first-order valence-corrected chi connectivity index (χ1v) is 6.26. The summed E-state index contributed by atoms with van der Waals surface area (Å²) >= 11 is 0. The lowest BCUT2D eigenvalue weighted by Crippen LogP contribution is -2.33. The van der Waals surface area contributed by atoms with Crippen molar-refractivity contribution in [3.63, 3.8) is 0 Å². The molecule has 7 nitrogen and oxygen atoms in total. The van der Waals surface area contributed by atoms with Crippen LogP contribution in [0.2, 0.25) is 0 Å². The summed E-state index contributed by atoms with van der Waals surface area (Å²) in [6.07, 6.45) is 0.885. The average Bonchev–Trinajstić information content (AvgIpc) is 2.94. The van der Waals surface area contributed by atoms with Gasteiger partial charge in [-0.2, -0.15) is 0 Å². The lowest BCUT2D eigenvalue weighted by Gasteiger charge is -2.17. The van der Waals surface area contributed by atoms with E-state index in [1.54, 1.807) is 4.90 Å². The molecular formula is C12H19ClN4O3. The zero-order valence-corrected chi connectivity index (χ0v) is 12.3. The molecule has 20 heavy (non-hydrogen) atoms. The fourth-order valence-electron chi connectivity index (χ4n) is 2.46. The Morgan fingerprint density at radius 2 is 2.20 bits per heavy atom. The highest BCUT2D eigenvalue weighted by Gasteiger charge is 2.32. The minimum Gasteiger partial charge on any atom is -0.358 e. The molecule has 1 saturated heterocycles. The lowest BCUT2D eigenvalue weighted by molar-refractivity contribution is -0.391. The van der Waals surface area contributed by atoms with Gasteiger partial charge in [-0.3, -0.25) is 4.79 Å². The average molecular weight is 303 g/mol. The molecule has 1 amide bonds. The molecule has 0 spiro atoms. The molecule has 112 valence electrons. The summed E-state index contributed by atoms with van der Waals surface area (Å²) < 4.78 is 1.32. The summed E-state index contributed by atoms with van der Waals surface area (Å²) in [5.74, 6) is 0.0595. The van der Waals surface area contributed by atoms with E-state index in [-0.39, 0.29) is 30.2 Å². The van der Waals surface area contributed by atoms with Crippen molar-refractivity contribution in [1.29, 1.82) is 0 Å².